The number of hydrogen-bond acceptors (Lipinski definition) is 5. The summed E-state index contributed by atoms with van der Waals surface area (Å²) >= 11 is 0. The van der Waals surface area contributed by atoms with E-state index in [9.17, 15) is 14.4 Å². The number of carbonyl (C=O) groups excluding carboxylic acids is 3. The highest BCUT2D eigenvalue weighted by molar-refractivity contribution is 6.10. The smallest absolute Gasteiger partial charge is 0.344 e. The van der Waals surface area contributed by atoms with E-state index in [-0.39, 0.29) is 17.1 Å². The molecule has 3 N–H and O–H groups in total. The van der Waals surface area contributed by atoms with Crippen molar-refractivity contribution in [1.82, 2.24) is 4.98 Å². The Morgan fingerprint density at radius 1 is 1.00 bits per heavy atom. The van der Waals surface area contributed by atoms with Gasteiger partial charge in [0.1, 0.15) is 5.75 Å². The molecule has 0 saturated heterocycles. The molecule has 2 aromatic carbocycles. The lowest BCUT2D eigenvalue weighted by atomic mass is 10.1. The quantitative estimate of drug-likeness (QED) is 0.492. The molecule has 7 nitrogen and oxygen atoms in total. The molecule has 3 aromatic rings. The fourth-order valence-corrected chi connectivity index (χ4v) is 2.83. The summed E-state index contributed by atoms with van der Waals surface area (Å²) in [7, 11) is 0. The molecule has 7 heteroatoms. The number of esters is 1. The van der Waals surface area contributed by atoms with Crippen LogP contribution >= 0.6 is 0 Å². The van der Waals surface area contributed by atoms with Crippen LogP contribution in [0.2, 0.25) is 0 Å². The van der Waals surface area contributed by atoms with Gasteiger partial charge < -0.3 is 20.2 Å². The van der Waals surface area contributed by atoms with E-state index < -0.39 is 25.1 Å². The van der Waals surface area contributed by atoms with Gasteiger partial charge in [0.05, 0.1) is 5.56 Å². The molecule has 0 saturated carbocycles. The molecular formula is C20H18N2O5. The second-order valence-electron chi connectivity index (χ2n) is 5.90. The van der Waals surface area contributed by atoms with Gasteiger partial charge in [-0.25, -0.2) is 4.79 Å². The van der Waals surface area contributed by atoms with Crippen molar-refractivity contribution in [2.24, 2.45) is 5.73 Å². The Morgan fingerprint density at radius 2 is 1.70 bits per heavy atom. The average molecular weight is 366 g/mol. The van der Waals surface area contributed by atoms with Crippen molar-refractivity contribution in [3.63, 3.8) is 0 Å². The summed E-state index contributed by atoms with van der Waals surface area (Å²) in [5.41, 5.74) is 7.47. The summed E-state index contributed by atoms with van der Waals surface area (Å²) in [6, 6.07) is 13.7. The molecule has 0 aliphatic rings. The zero-order valence-corrected chi connectivity index (χ0v) is 14.7. The van der Waals surface area contributed by atoms with Gasteiger partial charge >= 0.3 is 5.97 Å². The number of carbonyl (C=O) groups is 3. The molecule has 27 heavy (non-hydrogen) atoms. The number of rotatable bonds is 7. The maximum absolute atomic E-state index is 12.5. The number of primary amides is 1. The van der Waals surface area contributed by atoms with Crippen LogP contribution < -0.4 is 10.5 Å². The Balaban J connectivity index is 1.60. The molecule has 0 spiro atoms. The predicted molar refractivity (Wildman–Crippen MR) is 98.8 cm³/mol. The molecule has 0 bridgehead atoms. The van der Waals surface area contributed by atoms with E-state index in [1.807, 2.05) is 24.3 Å². The molecule has 0 fully saturated rings. The second-order valence-corrected chi connectivity index (χ2v) is 5.90. The van der Waals surface area contributed by atoms with Crippen LogP contribution in [0.1, 0.15) is 26.4 Å². The Kier molecular flexibility index (Phi) is 5.21. The Labute approximate surface area is 155 Å². The number of para-hydroxylation sites is 2. The van der Waals surface area contributed by atoms with E-state index in [1.165, 1.54) is 12.1 Å². The van der Waals surface area contributed by atoms with Crippen LogP contribution in [0.4, 0.5) is 0 Å². The van der Waals surface area contributed by atoms with Crippen molar-refractivity contribution >= 4 is 28.6 Å². The fraction of sp³-hybridized carbons (Fsp3) is 0.150. The highest BCUT2D eigenvalue weighted by Gasteiger charge is 2.18. The lowest BCUT2D eigenvalue weighted by Gasteiger charge is -2.09. The van der Waals surface area contributed by atoms with Gasteiger partial charge in [0.2, 0.25) is 5.78 Å². The maximum Gasteiger partial charge on any atom is 0.344 e. The lowest BCUT2D eigenvalue weighted by Crippen LogP contribution is -2.21. The minimum atomic E-state index is -0.722. The van der Waals surface area contributed by atoms with Crippen LogP contribution in [0.3, 0.4) is 0 Å². The van der Waals surface area contributed by atoms with Gasteiger partial charge in [0.15, 0.2) is 13.2 Å². The van der Waals surface area contributed by atoms with Crippen molar-refractivity contribution in [3.05, 3.63) is 65.4 Å². The van der Waals surface area contributed by atoms with Crippen LogP contribution in [0.5, 0.6) is 5.75 Å². The molecule has 1 aromatic heterocycles. The van der Waals surface area contributed by atoms with Crippen LogP contribution in [-0.4, -0.2) is 35.9 Å². The largest absolute Gasteiger partial charge is 0.481 e. The minimum Gasteiger partial charge on any atom is -0.481 e. The topological polar surface area (TPSA) is 111 Å². The number of hydrogen-bond donors (Lipinski definition) is 2. The SMILES string of the molecule is Cc1[nH]c2ccccc2c1C(=O)COC(=O)COc1ccccc1C(N)=O. The molecule has 0 unspecified atom stereocenters. The molecule has 138 valence electrons. The van der Waals surface area contributed by atoms with Crippen molar-refractivity contribution in [2.45, 2.75) is 6.92 Å². The number of aromatic amines is 1. The van der Waals surface area contributed by atoms with Gasteiger partial charge in [-0.2, -0.15) is 0 Å². The van der Waals surface area contributed by atoms with Gasteiger partial charge in [0.25, 0.3) is 5.91 Å². The molecule has 0 aliphatic heterocycles. The van der Waals surface area contributed by atoms with Crippen LogP contribution in [-0.2, 0) is 9.53 Å². The van der Waals surface area contributed by atoms with Gasteiger partial charge in [-0.15, -0.1) is 0 Å². The average Bonchev–Trinajstić information content (AvgIpc) is 3.00. The normalized spacial score (nSPS) is 10.6. The lowest BCUT2D eigenvalue weighted by molar-refractivity contribution is -0.144. The van der Waals surface area contributed by atoms with E-state index in [0.29, 0.717) is 11.3 Å². The molecule has 1 heterocycles. The van der Waals surface area contributed by atoms with Crippen LogP contribution in [0.25, 0.3) is 10.9 Å². The summed E-state index contributed by atoms with van der Waals surface area (Å²) < 4.78 is 10.3. The van der Waals surface area contributed by atoms with Crippen molar-refractivity contribution in [3.8, 4) is 5.75 Å². The highest BCUT2D eigenvalue weighted by atomic mass is 16.6. The zero-order chi connectivity index (χ0) is 19.4. The number of ketones is 1. The first-order valence-corrected chi connectivity index (χ1v) is 8.25. The first-order chi connectivity index (χ1) is 13.0. The number of fused-ring (bicyclic) bond motifs is 1. The van der Waals surface area contributed by atoms with Crippen molar-refractivity contribution < 1.29 is 23.9 Å². The molecule has 0 radical (unpaired) electrons. The number of benzene rings is 2. The summed E-state index contributed by atoms with van der Waals surface area (Å²) in [6.07, 6.45) is 0. The number of nitrogens with two attached hydrogens (primary N) is 1. The number of aromatic nitrogens is 1. The Hall–Kier alpha value is -3.61. The molecule has 0 atom stereocenters. The number of ether oxygens (including phenoxy) is 2. The van der Waals surface area contributed by atoms with Crippen LogP contribution in [0, 0.1) is 6.92 Å². The predicted octanol–water partition coefficient (Wildman–Crippen LogP) is 2.38. The second kappa shape index (κ2) is 7.74. The number of aryl methyl sites for hydroxylation is 1. The third-order valence-corrected chi connectivity index (χ3v) is 4.03. The van der Waals surface area contributed by atoms with Gasteiger partial charge in [-0.1, -0.05) is 30.3 Å². The van der Waals surface area contributed by atoms with E-state index in [1.54, 1.807) is 19.1 Å². The summed E-state index contributed by atoms with van der Waals surface area (Å²) in [4.78, 5) is 38.8. The van der Waals surface area contributed by atoms with E-state index in [4.69, 9.17) is 15.2 Å². The Bertz CT molecular complexity index is 1020. The minimum absolute atomic E-state index is 0.163. The standard InChI is InChI=1S/C20H18N2O5/c1-12-19(13-6-2-4-8-15(13)22-12)16(23)10-27-18(24)11-26-17-9-5-3-7-14(17)20(21)25/h2-9,22H,10-11H2,1H3,(H2,21,25). The molecule has 3 rings (SSSR count). The fourth-order valence-electron chi connectivity index (χ4n) is 2.83. The number of nitrogens with one attached hydrogen (secondary N) is 1. The summed E-state index contributed by atoms with van der Waals surface area (Å²) in [5, 5.41) is 0.780. The number of Topliss-reactive ketones (excluding diaryl/α,β-unsaturated/α-hetero) is 1. The van der Waals surface area contributed by atoms with Crippen molar-refractivity contribution in [1.29, 1.82) is 0 Å². The summed E-state index contributed by atoms with van der Waals surface area (Å²) in [6.45, 7) is 0.950. The van der Waals surface area contributed by atoms with Gasteiger partial charge in [-0.3, -0.25) is 9.59 Å². The molecule has 1 amide bonds. The van der Waals surface area contributed by atoms with E-state index >= 15 is 0 Å². The number of H-pyrrole nitrogens is 1. The first kappa shape index (κ1) is 18.2. The highest BCUT2D eigenvalue weighted by Crippen LogP contribution is 2.22. The van der Waals surface area contributed by atoms with Gasteiger partial charge in [0, 0.05) is 22.2 Å². The third kappa shape index (κ3) is 3.98. The zero-order valence-electron chi connectivity index (χ0n) is 14.7. The van der Waals surface area contributed by atoms with Crippen molar-refractivity contribution in [2.75, 3.05) is 13.2 Å². The first-order valence-electron chi connectivity index (χ1n) is 8.25. The van der Waals surface area contributed by atoms with Crippen LogP contribution in [0.15, 0.2) is 48.5 Å². The van der Waals surface area contributed by atoms with E-state index in [0.717, 1.165) is 10.9 Å². The van der Waals surface area contributed by atoms with E-state index in [2.05, 4.69) is 4.98 Å². The molecular weight excluding hydrogens is 348 g/mol. The summed E-state index contributed by atoms with van der Waals surface area (Å²) in [5.74, 6) is -1.51. The maximum atomic E-state index is 12.5. The Morgan fingerprint density at radius 3 is 2.48 bits per heavy atom. The van der Waals surface area contributed by atoms with Gasteiger partial charge in [-0.05, 0) is 25.1 Å². The monoisotopic (exact) mass is 366 g/mol. The third-order valence-electron chi connectivity index (χ3n) is 4.03. The molecule has 0 aliphatic carbocycles. The number of amides is 1.